The van der Waals surface area contributed by atoms with Crippen molar-refractivity contribution in [2.24, 2.45) is 4.99 Å². The van der Waals surface area contributed by atoms with E-state index >= 15 is 0 Å². The number of alkyl halides is 3. The minimum atomic E-state index is -4.44. The van der Waals surface area contributed by atoms with Crippen molar-refractivity contribution in [3.05, 3.63) is 82.2 Å². The van der Waals surface area contributed by atoms with E-state index in [0.29, 0.717) is 37.8 Å². The number of halogens is 4. The van der Waals surface area contributed by atoms with E-state index in [1.807, 2.05) is 30.0 Å². The second-order valence-corrected chi connectivity index (χ2v) is 9.49. The smallest absolute Gasteiger partial charge is 0.378 e. The van der Waals surface area contributed by atoms with Crippen molar-refractivity contribution in [2.45, 2.75) is 32.0 Å². The van der Waals surface area contributed by atoms with Crippen LogP contribution in [0.5, 0.6) is 0 Å². The molecule has 202 valence electrons. The van der Waals surface area contributed by atoms with Crippen molar-refractivity contribution < 1.29 is 23.1 Å². The van der Waals surface area contributed by atoms with E-state index in [4.69, 9.17) is 11.6 Å². The summed E-state index contributed by atoms with van der Waals surface area (Å²) in [5, 5.41) is 14.5. The van der Waals surface area contributed by atoms with Gasteiger partial charge in [0.15, 0.2) is 6.10 Å². The number of carbonyl (C=O) groups excluding carboxylic acids is 1. The van der Waals surface area contributed by atoms with E-state index in [1.54, 1.807) is 18.3 Å². The molecular formula is C27H29ClF3N5O2. The summed E-state index contributed by atoms with van der Waals surface area (Å²) in [4.78, 5) is 25.5. The number of aliphatic hydroxyl groups excluding tert-OH is 1. The number of aliphatic imine (C=N–C) groups is 1. The van der Waals surface area contributed by atoms with Crippen molar-refractivity contribution in [2.75, 3.05) is 37.6 Å². The number of nitrogens with zero attached hydrogens (tertiary/aromatic N) is 4. The molecule has 1 atom stereocenters. The number of nitrogens with one attached hydrogen (secondary N) is 1. The summed E-state index contributed by atoms with van der Waals surface area (Å²) in [7, 11) is 0. The Morgan fingerprint density at radius 2 is 1.97 bits per heavy atom. The number of anilines is 1. The van der Waals surface area contributed by atoms with Crippen molar-refractivity contribution >= 4 is 29.2 Å². The summed E-state index contributed by atoms with van der Waals surface area (Å²) < 4.78 is 39.3. The minimum Gasteiger partial charge on any atom is -0.378 e. The summed E-state index contributed by atoms with van der Waals surface area (Å²) in [5.74, 6) is 0.942. The van der Waals surface area contributed by atoms with E-state index in [2.05, 4.69) is 15.3 Å². The average Bonchev–Trinajstić information content (AvgIpc) is 3.35. The maximum absolute atomic E-state index is 13.1. The van der Waals surface area contributed by atoms with Gasteiger partial charge in [-0.1, -0.05) is 42.0 Å². The highest BCUT2D eigenvalue weighted by Crippen LogP contribution is 2.30. The van der Waals surface area contributed by atoms with Crippen molar-refractivity contribution in [3.8, 4) is 0 Å². The maximum atomic E-state index is 13.1. The van der Waals surface area contributed by atoms with Gasteiger partial charge < -0.3 is 20.2 Å². The summed E-state index contributed by atoms with van der Waals surface area (Å²) in [6.45, 7) is 4.09. The molecule has 38 heavy (non-hydrogen) atoms. The van der Waals surface area contributed by atoms with Crippen LogP contribution >= 0.6 is 11.6 Å². The molecule has 1 aromatic heterocycles. The molecule has 1 unspecified atom stereocenters. The first-order valence-corrected chi connectivity index (χ1v) is 12.7. The molecule has 1 aromatic rings. The fourth-order valence-corrected chi connectivity index (χ4v) is 4.42. The lowest BCUT2D eigenvalue weighted by molar-refractivity contribution is -0.138. The number of aromatic nitrogens is 1. The molecule has 0 aromatic carbocycles. The Balaban J connectivity index is 1.34. The highest BCUT2D eigenvalue weighted by molar-refractivity contribution is 6.31. The van der Waals surface area contributed by atoms with Crippen LogP contribution in [0.15, 0.2) is 81.7 Å². The summed E-state index contributed by atoms with van der Waals surface area (Å²) in [6, 6.07) is 3.81. The molecule has 1 saturated heterocycles. The standard InChI is InChI=1S/C27H29ClF3N5O2/c1-2-21(28)15-22-17-33-25(34-22)19-8-10-23(32-16-19)35-11-13-36(14-12-35)26(38)24(37)18-5-3-4-6-20(9-7-18)27(29,30)31/h2-3,5,7-10,15-16,24,37H,4,6,11-14,17H2,1H3,(H,33,34)/b5-3-,18-7+,20-9+,21-2+,22-15+. The highest BCUT2D eigenvalue weighted by atomic mass is 35.5. The van der Waals surface area contributed by atoms with E-state index in [9.17, 15) is 23.1 Å². The normalized spacial score (nSPS) is 24.4. The molecule has 0 radical (unpaired) electrons. The van der Waals surface area contributed by atoms with Crippen LogP contribution in [-0.4, -0.2) is 71.7 Å². The molecule has 7 nitrogen and oxygen atoms in total. The Morgan fingerprint density at radius 3 is 2.63 bits per heavy atom. The van der Waals surface area contributed by atoms with E-state index in [-0.39, 0.29) is 18.4 Å². The SMILES string of the molecule is C/C=C(Cl)\C=C1/CN=C(c2ccc(N3CCN(C(=O)C(O)C4=C/C=C(/C(F)(F)F)CC/C=C\4)CC3)nc2)N1. The van der Waals surface area contributed by atoms with Gasteiger partial charge in [0.2, 0.25) is 0 Å². The van der Waals surface area contributed by atoms with Gasteiger partial charge in [0.1, 0.15) is 11.7 Å². The molecule has 1 amide bonds. The first-order valence-electron chi connectivity index (χ1n) is 12.3. The third-order valence-corrected chi connectivity index (χ3v) is 6.82. The number of rotatable bonds is 5. The van der Waals surface area contributed by atoms with E-state index in [0.717, 1.165) is 29.0 Å². The molecule has 0 bridgehead atoms. The Morgan fingerprint density at radius 1 is 1.21 bits per heavy atom. The van der Waals surface area contributed by atoms with Gasteiger partial charge in [0.05, 0.1) is 6.54 Å². The first-order chi connectivity index (χ1) is 18.2. The van der Waals surface area contributed by atoms with Crippen LogP contribution in [0.3, 0.4) is 0 Å². The lowest BCUT2D eigenvalue weighted by Crippen LogP contribution is -2.52. The van der Waals surface area contributed by atoms with Crippen LogP contribution in [-0.2, 0) is 4.79 Å². The third-order valence-electron chi connectivity index (χ3n) is 6.49. The number of pyridine rings is 1. The predicted octanol–water partition coefficient (Wildman–Crippen LogP) is 4.23. The van der Waals surface area contributed by atoms with Gasteiger partial charge in [0, 0.05) is 54.2 Å². The zero-order chi connectivity index (χ0) is 27.3. The number of piperazine rings is 1. The zero-order valence-corrected chi connectivity index (χ0v) is 21.6. The number of hydrogen-bond acceptors (Lipinski definition) is 6. The monoisotopic (exact) mass is 547 g/mol. The number of carbonyl (C=O) groups is 1. The van der Waals surface area contributed by atoms with Crippen LogP contribution in [0, 0.1) is 0 Å². The summed E-state index contributed by atoms with van der Waals surface area (Å²) in [6.07, 6.45) is 4.64. The summed E-state index contributed by atoms with van der Waals surface area (Å²) >= 11 is 6.06. The highest BCUT2D eigenvalue weighted by Gasteiger charge is 2.33. The van der Waals surface area contributed by atoms with Gasteiger partial charge >= 0.3 is 6.18 Å². The zero-order valence-electron chi connectivity index (χ0n) is 20.9. The lowest BCUT2D eigenvalue weighted by Gasteiger charge is -2.36. The number of allylic oxidation sites excluding steroid dienone is 7. The molecule has 3 aliphatic rings. The van der Waals surface area contributed by atoms with E-state index in [1.165, 1.54) is 17.1 Å². The van der Waals surface area contributed by atoms with Crippen LogP contribution < -0.4 is 10.2 Å². The van der Waals surface area contributed by atoms with Crippen LogP contribution in [0.1, 0.15) is 25.3 Å². The molecular weight excluding hydrogens is 519 g/mol. The van der Waals surface area contributed by atoms with Gasteiger partial charge in [-0.25, -0.2) is 4.98 Å². The molecule has 0 spiro atoms. The summed E-state index contributed by atoms with van der Waals surface area (Å²) in [5.41, 5.74) is 1.20. The molecule has 1 aliphatic carbocycles. The molecule has 2 N–H and O–H groups in total. The van der Waals surface area contributed by atoms with Crippen LogP contribution in [0.2, 0.25) is 0 Å². The van der Waals surface area contributed by atoms with Crippen LogP contribution in [0.25, 0.3) is 0 Å². The Labute approximate surface area is 224 Å². The van der Waals surface area contributed by atoms with Crippen molar-refractivity contribution in [1.29, 1.82) is 0 Å². The number of aliphatic hydroxyl groups is 1. The second kappa shape index (κ2) is 12.0. The van der Waals surface area contributed by atoms with E-state index < -0.39 is 23.8 Å². The first kappa shape index (κ1) is 27.7. The second-order valence-electron chi connectivity index (χ2n) is 9.05. The fourth-order valence-electron chi connectivity index (χ4n) is 4.29. The van der Waals surface area contributed by atoms with Gasteiger partial charge in [-0.05, 0) is 43.5 Å². The number of amidine groups is 1. The quantitative estimate of drug-likeness (QED) is 0.577. The number of hydrogen-bond donors (Lipinski definition) is 2. The topological polar surface area (TPSA) is 81.1 Å². The van der Waals surface area contributed by atoms with Crippen molar-refractivity contribution in [1.82, 2.24) is 15.2 Å². The average molecular weight is 548 g/mol. The molecule has 4 rings (SSSR count). The molecule has 3 heterocycles. The van der Waals surface area contributed by atoms with Gasteiger partial charge in [-0.15, -0.1) is 0 Å². The third kappa shape index (κ3) is 6.73. The van der Waals surface area contributed by atoms with Gasteiger partial charge in [0.25, 0.3) is 5.91 Å². The van der Waals surface area contributed by atoms with Gasteiger partial charge in [-0.3, -0.25) is 9.79 Å². The minimum absolute atomic E-state index is 0.140. The van der Waals surface area contributed by atoms with Gasteiger partial charge in [-0.2, -0.15) is 13.2 Å². The number of amides is 1. The fraction of sp³-hybridized carbons (Fsp3) is 0.370. The van der Waals surface area contributed by atoms with Crippen LogP contribution in [0.4, 0.5) is 19.0 Å². The lowest BCUT2D eigenvalue weighted by atomic mass is 10.0. The molecule has 0 saturated carbocycles. The molecule has 1 fully saturated rings. The Kier molecular flexibility index (Phi) is 8.73. The molecule has 2 aliphatic heterocycles. The van der Waals surface area contributed by atoms with Crippen molar-refractivity contribution in [3.63, 3.8) is 0 Å². The predicted molar refractivity (Wildman–Crippen MR) is 142 cm³/mol. The Hall–Kier alpha value is -3.37. The maximum Gasteiger partial charge on any atom is 0.412 e. The molecule has 11 heteroatoms. The largest absolute Gasteiger partial charge is 0.412 e. The Bertz CT molecular complexity index is 1220.